The molecular formula is C16H20BrN3O. The summed E-state index contributed by atoms with van der Waals surface area (Å²) in [5, 5.41) is 7.46. The molecule has 4 nitrogen and oxygen atoms in total. The monoisotopic (exact) mass is 349 g/mol. The Bertz CT molecular complexity index is 665. The second-order valence-electron chi connectivity index (χ2n) is 5.80. The van der Waals surface area contributed by atoms with Crippen molar-refractivity contribution in [3.8, 4) is 0 Å². The van der Waals surface area contributed by atoms with E-state index in [4.69, 9.17) is 0 Å². The van der Waals surface area contributed by atoms with Crippen LogP contribution in [0.3, 0.4) is 0 Å². The summed E-state index contributed by atoms with van der Waals surface area (Å²) in [7, 11) is 1.64. The van der Waals surface area contributed by atoms with Gasteiger partial charge in [0.15, 0.2) is 0 Å². The molecule has 0 saturated heterocycles. The van der Waals surface area contributed by atoms with Gasteiger partial charge in [0.05, 0.1) is 11.9 Å². The largest absolute Gasteiger partial charge is 0.378 e. The molecule has 1 N–H and O–H groups in total. The number of nitrogens with zero attached hydrogens (tertiary/aromatic N) is 2. The molecule has 0 radical (unpaired) electrons. The molecule has 0 fully saturated rings. The summed E-state index contributed by atoms with van der Waals surface area (Å²) >= 11 is 3.34. The van der Waals surface area contributed by atoms with E-state index in [2.05, 4.69) is 64.5 Å². The Hall–Kier alpha value is -1.62. The molecule has 1 aromatic heterocycles. The summed E-state index contributed by atoms with van der Waals surface area (Å²) in [5.74, 6) is 0. The molecule has 1 heterocycles. The Balaban J connectivity index is 2.07. The van der Waals surface area contributed by atoms with Crippen molar-refractivity contribution in [2.24, 2.45) is 7.05 Å². The van der Waals surface area contributed by atoms with E-state index in [-0.39, 0.29) is 11.1 Å². The Kier molecular flexibility index (Phi) is 4.83. The van der Waals surface area contributed by atoms with Crippen LogP contribution in [-0.2, 0) is 13.5 Å². The lowest BCUT2D eigenvalue weighted by Crippen LogP contribution is -2.33. The van der Waals surface area contributed by atoms with Crippen molar-refractivity contribution in [1.29, 1.82) is 0 Å². The normalized spacial score (nSPS) is 11.4. The van der Waals surface area contributed by atoms with Crippen LogP contribution in [0.5, 0.6) is 0 Å². The van der Waals surface area contributed by atoms with E-state index in [1.54, 1.807) is 13.2 Å². The molecule has 1 aromatic carbocycles. The van der Waals surface area contributed by atoms with Gasteiger partial charge in [-0.25, -0.2) is 4.68 Å². The maximum Gasteiger partial charge on any atom is 0.282 e. The SMILES string of the molecule is Cn1ncc(NC(C)(C)CCc2ccccc2)c(Br)c1=O. The van der Waals surface area contributed by atoms with Gasteiger partial charge in [-0.3, -0.25) is 4.79 Å². The topological polar surface area (TPSA) is 46.9 Å². The second-order valence-corrected chi connectivity index (χ2v) is 6.59. The first-order valence-corrected chi connectivity index (χ1v) is 7.72. The van der Waals surface area contributed by atoms with E-state index in [9.17, 15) is 4.79 Å². The third-order valence-corrected chi connectivity index (χ3v) is 4.20. The quantitative estimate of drug-likeness (QED) is 0.900. The standard InChI is InChI=1S/C16H20BrN3O/c1-16(2,10-9-12-7-5-4-6-8-12)19-13-11-18-20(3)15(21)14(13)17/h4-8,11,19H,9-10H2,1-3H3. The molecular weight excluding hydrogens is 330 g/mol. The van der Waals surface area contributed by atoms with Gasteiger partial charge in [-0.05, 0) is 48.2 Å². The van der Waals surface area contributed by atoms with Crippen LogP contribution in [0, 0.1) is 0 Å². The Morgan fingerprint density at radius 2 is 1.95 bits per heavy atom. The highest BCUT2D eigenvalue weighted by Crippen LogP contribution is 2.23. The maximum atomic E-state index is 11.9. The number of rotatable bonds is 5. The number of hydrogen-bond acceptors (Lipinski definition) is 3. The maximum absolute atomic E-state index is 11.9. The average Bonchev–Trinajstić information content (AvgIpc) is 2.47. The van der Waals surface area contributed by atoms with Crippen LogP contribution in [0.25, 0.3) is 0 Å². The van der Waals surface area contributed by atoms with Crippen molar-refractivity contribution in [2.45, 2.75) is 32.2 Å². The fourth-order valence-corrected chi connectivity index (χ4v) is 2.58. The molecule has 112 valence electrons. The number of benzene rings is 1. The number of anilines is 1. The molecule has 0 aliphatic heterocycles. The molecule has 0 spiro atoms. The zero-order valence-corrected chi connectivity index (χ0v) is 14.1. The van der Waals surface area contributed by atoms with E-state index in [0.717, 1.165) is 18.5 Å². The molecule has 0 unspecified atom stereocenters. The van der Waals surface area contributed by atoms with Crippen molar-refractivity contribution in [3.05, 3.63) is 56.9 Å². The highest BCUT2D eigenvalue weighted by atomic mass is 79.9. The van der Waals surface area contributed by atoms with Crippen molar-refractivity contribution >= 4 is 21.6 Å². The summed E-state index contributed by atoms with van der Waals surface area (Å²) in [6, 6.07) is 10.4. The van der Waals surface area contributed by atoms with Gasteiger partial charge in [0.25, 0.3) is 5.56 Å². The van der Waals surface area contributed by atoms with Crippen molar-refractivity contribution in [1.82, 2.24) is 9.78 Å². The molecule has 0 amide bonds. The van der Waals surface area contributed by atoms with Gasteiger partial charge >= 0.3 is 0 Å². The lowest BCUT2D eigenvalue weighted by atomic mass is 9.95. The minimum Gasteiger partial charge on any atom is -0.378 e. The first-order chi connectivity index (χ1) is 9.89. The highest BCUT2D eigenvalue weighted by Gasteiger charge is 2.19. The molecule has 5 heteroatoms. The average molecular weight is 350 g/mol. The van der Waals surface area contributed by atoms with Crippen molar-refractivity contribution < 1.29 is 0 Å². The van der Waals surface area contributed by atoms with Crippen LogP contribution in [0.15, 0.2) is 45.8 Å². The van der Waals surface area contributed by atoms with Gasteiger partial charge in [-0.1, -0.05) is 30.3 Å². The van der Waals surface area contributed by atoms with Gasteiger partial charge < -0.3 is 5.32 Å². The van der Waals surface area contributed by atoms with Gasteiger partial charge in [-0.15, -0.1) is 0 Å². The van der Waals surface area contributed by atoms with Crippen LogP contribution in [0.1, 0.15) is 25.8 Å². The fraction of sp³-hybridized carbons (Fsp3) is 0.375. The predicted molar refractivity (Wildman–Crippen MR) is 89.6 cm³/mol. The highest BCUT2D eigenvalue weighted by molar-refractivity contribution is 9.10. The fourth-order valence-electron chi connectivity index (χ4n) is 2.13. The summed E-state index contributed by atoms with van der Waals surface area (Å²) in [5.41, 5.74) is 1.77. The summed E-state index contributed by atoms with van der Waals surface area (Å²) in [6.07, 6.45) is 3.62. The number of aryl methyl sites for hydroxylation is 2. The van der Waals surface area contributed by atoms with Crippen LogP contribution in [-0.4, -0.2) is 15.3 Å². The summed E-state index contributed by atoms with van der Waals surface area (Å²) < 4.78 is 1.83. The van der Waals surface area contributed by atoms with Crippen molar-refractivity contribution in [3.63, 3.8) is 0 Å². The molecule has 0 bridgehead atoms. The smallest absolute Gasteiger partial charge is 0.282 e. The van der Waals surface area contributed by atoms with E-state index >= 15 is 0 Å². The Labute approximate surface area is 133 Å². The van der Waals surface area contributed by atoms with Crippen LogP contribution < -0.4 is 10.9 Å². The minimum absolute atomic E-state index is 0.133. The third-order valence-electron chi connectivity index (χ3n) is 3.43. The Morgan fingerprint density at radius 1 is 1.29 bits per heavy atom. The molecule has 0 aliphatic rings. The van der Waals surface area contributed by atoms with E-state index in [0.29, 0.717) is 4.47 Å². The van der Waals surface area contributed by atoms with Gasteiger partial charge in [-0.2, -0.15) is 5.10 Å². The number of nitrogens with one attached hydrogen (secondary N) is 1. The van der Waals surface area contributed by atoms with Gasteiger partial charge in [0.2, 0.25) is 0 Å². The summed E-state index contributed by atoms with van der Waals surface area (Å²) in [4.78, 5) is 11.9. The lowest BCUT2D eigenvalue weighted by Gasteiger charge is -2.28. The number of hydrogen-bond donors (Lipinski definition) is 1. The third kappa shape index (κ3) is 4.17. The number of halogens is 1. The molecule has 2 rings (SSSR count). The molecule has 0 aliphatic carbocycles. The first kappa shape index (κ1) is 15.8. The Morgan fingerprint density at radius 3 is 2.62 bits per heavy atom. The van der Waals surface area contributed by atoms with E-state index in [1.807, 2.05) is 6.07 Å². The minimum atomic E-state index is -0.140. The van der Waals surface area contributed by atoms with Gasteiger partial charge in [0.1, 0.15) is 4.47 Å². The number of aromatic nitrogens is 2. The lowest BCUT2D eigenvalue weighted by molar-refractivity contribution is 0.517. The second kappa shape index (κ2) is 6.43. The van der Waals surface area contributed by atoms with Crippen molar-refractivity contribution in [2.75, 3.05) is 5.32 Å². The van der Waals surface area contributed by atoms with Crippen LogP contribution >= 0.6 is 15.9 Å². The molecule has 21 heavy (non-hydrogen) atoms. The van der Waals surface area contributed by atoms with E-state index < -0.39 is 0 Å². The molecule has 0 atom stereocenters. The zero-order valence-electron chi connectivity index (χ0n) is 12.6. The van der Waals surface area contributed by atoms with E-state index in [1.165, 1.54) is 10.2 Å². The van der Waals surface area contributed by atoms with Gasteiger partial charge in [0, 0.05) is 12.6 Å². The first-order valence-electron chi connectivity index (χ1n) is 6.93. The zero-order chi connectivity index (χ0) is 15.5. The van der Waals surface area contributed by atoms with Crippen LogP contribution in [0.4, 0.5) is 5.69 Å². The summed E-state index contributed by atoms with van der Waals surface area (Å²) in [6.45, 7) is 4.25. The molecule has 0 saturated carbocycles. The van der Waals surface area contributed by atoms with Crippen LogP contribution in [0.2, 0.25) is 0 Å². The molecule has 2 aromatic rings. The predicted octanol–water partition coefficient (Wildman–Crippen LogP) is 3.37.